The maximum atomic E-state index is 12.1. The predicted molar refractivity (Wildman–Crippen MR) is 170 cm³/mol. The molecule has 6 heteroatoms. The van der Waals surface area contributed by atoms with Gasteiger partial charge in [0.25, 0.3) is 0 Å². The molecular formula is C36H52O6. The number of benzene rings is 2. The molecule has 2 aromatic carbocycles. The zero-order valence-corrected chi connectivity index (χ0v) is 27.9. The highest BCUT2D eigenvalue weighted by molar-refractivity contribution is 5.91. The quantitative estimate of drug-likeness (QED) is 0.161. The van der Waals surface area contributed by atoms with E-state index >= 15 is 0 Å². The van der Waals surface area contributed by atoms with Crippen LogP contribution < -0.4 is 9.47 Å². The molecule has 0 unspecified atom stereocenters. The van der Waals surface area contributed by atoms with Gasteiger partial charge in [-0.2, -0.15) is 0 Å². The van der Waals surface area contributed by atoms with Crippen LogP contribution >= 0.6 is 0 Å². The van der Waals surface area contributed by atoms with Crippen molar-refractivity contribution in [1.29, 1.82) is 0 Å². The van der Waals surface area contributed by atoms with Crippen LogP contribution in [0.3, 0.4) is 0 Å². The van der Waals surface area contributed by atoms with Crippen molar-refractivity contribution in [2.45, 2.75) is 105 Å². The lowest BCUT2D eigenvalue weighted by atomic mass is 9.80. The largest absolute Gasteiger partial charge is 0.490 e. The van der Waals surface area contributed by atoms with Crippen LogP contribution in [0.25, 0.3) is 0 Å². The molecule has 0 aromatic heterocycles. The van der Waals surface area contributed by atoms with Crippen LogP contribution in [0, 0.1) is 0 Å². The minimum absolute atomic E-state index is 0.0305. The maximum absolute atomic E-state index is 12.1. The average molecular weight is 581 g/mol. The van der Waals surface area contributed by atoms with Crippen LogP contribution in [0.15, 0.2) is 48.6 Å². The molecule has 2 rings (SSSR count). The number of hydrogen-bond acceptors (Lipinski definition) is 6. The Balaban J connectivity index is 1.81. The molecule has 0 heterocycles. The molecule has 0 amide bonds. The van der Waals surface area contributed by atoms with Gasteiger partial charge < -0.3 is 18.9 Å². The number of carbonyl (C=O) groups excluding carboxylic acids is 2. The van der Waals surface area contributed by atoms with Gasteiger partial charge in [0.15, 0.2) is 0 Å². The first-order valence-corrected chi connectivity index (χ1v) is 14.8. The van der Waals surface area contributed by atoms with Gasteiger partial charge in [0.05, 0.1) is 0 Å². The average Bonchev–Trinajstić information content (AvgIpc) is 2.85. The van der Waals surface area contributed by atoms with Crippen LogP contribution in [0.5, 0.6) is 11.5 Å². The highest BCUT2D eigenvalue weighted by Crippen LogP contribution is 2.36. The third-order valence-corrected chi connectivity index (χ3v) is 6.83. The Morgan fingerprint density at radius 1 is 0.524 bits per heavy atom. The molecule has 0 atom stereocenters. The summed E-state index contributed by atoms with van der Waals surface area (Å²) in [5.41, 5.74) is 4.53. The van der Waals surface area contributed by atoms with E-state index in [1.807, 2.05) is 12.1 Å². The first-order valence-electron chi connectivity index (χ1n) is 14.8. The molecule has 0 aliphatic rings. The topological polar surface area (TPSA) is 71.1 Å². The van der Waals surface area contributed by atoms with Gasteiger partial charge in [-0.3, -0.25) is 0 Å². The van der Waals surface area contributed by atoms with E-state index in [9.17, 15) is 9.59 Å². The fourth-order valence-electron chi connectivity index (χ4n) is 4.24. The Morgan fingerprint density at radius 2 is 0.857 bits per heavy atom. The molecule has 6 nitrogen and oxygen atoms in total. The van der Waals surface area contributed by atoms with Crippen LogP contribution in [-0.2, 0) is 40.7 Å². The van der Waals surface area contributed by atoms with E-state index in [2.05, 4.69) is 107 Å². The minimum Gasteiger partial charge on any atom is -0.490 e. The van der Waals surface area contributed by atoms with E-state index in [1.165, 1.54) is 11.1 Å². The number of esters is 2. The molecule has 42 heavy (non-hydrogen) atoms. The second kappa shape index (κ2) is 13.8. The summed E-state index contributed by atoms with van der Waals surface area (Å²) in [5, 5.41) is 0. The Hall–Kier alpha value is -3.28. The van der Waals surface area contributed by atoms with E-state index in [1.54, 1.807) is 0 Å². The van der Waals surface area contributed by atoms with Gasteiger partial charge in [-0.1, -0.05) is 107 Å². The smallest absolute Gasteiger partial charge is 0.331 e. The van der Waals surface area contributed by atoms with Gasteiger partial charge in [-0.25, -0.2) is 9.59 Å². The van der Waals surface area contributed by atoms with Gasteiger partial charge >= 0.3 is 11.9 Å². The highest BCUT2D eigenvalue weighted by atomic mass is 16.6. The lowest BCUT2D eigenvalue weighted by Gasteiger charge is -2.27. The second-order valence-electron chi connectivity index (χ2n) is 14.8. The molecule has 0 N–H and O–H groups in total. The lowest BCUT2D eigenvalue weighted by Crippen LogP contribution is -2.19. The van der Waals surface area contributed by atoms with E-state index in [0.29, 0.717) is 0 Å². The number of hydrogen-bond donors (Lipinski definition) is 0. The van der Waals surface area contributed by atoms with E-state index < -0.39 is 11.9 Å². The lowest BCUT2D eigenvalue weighted by molar-refractivity contribution is -0.141. The molecule has 0 fully saturated rings. The molecular weight excluding hydrogens is 528 g/mol. The molecule has 0 bridgehead atoms. The number of ether oxygens (including phenoxy) is 4. The third kappa shape index (κ3) is 10.8. The van der Waals surface area contributed by atoms with Gasteiger partial charge in [-0.15, -0.1) is 0 Å². The summed E-state index contributed by atoms with van der Waals surface area (Å²) in [4.78, 5) is 24.2. The van der Waals surface area contributed by atoms with E-state index in [0.717, 1.165) is 34.8 Å². The summed E-state index contributed by atoms with van der Waals surface area (Å²) >= 11 is 0. The van der Waals surface area contributed by atoms with Crippen LogP contribution in [0.2, 0.25) is 0 Å². The van der Waals surface area contributed by atoms with Crippen LogP contribution in [0.1, 0.15) is 105 Å². The van der Waals surface area contributed by atoms with E-state index in [-0.39, 0.29) is 48.1 Å². The van der Waals surface area contributed by atoms with Gasteiger partial charge in [-0.05, 0) is 56.0 Å². The van der Waals surface area contributed by atoms with Crippen molar-refractivity contribution >= 4 is 11.9 Å². The van der Waals surface area contributed by atoms with Gasteiger partial charge in [0, 0.05) is 12.2 Å². The summed E-state index contributed by atoms with van der Waals surface area (Å²) in [6.45, 7) is 26.5. The van der Waals surface area contributed by atoms with Crippen molar-refractivity contribution in [3.63, 3.8) is 0 Å². The Labute approximate surface area is 253 Å². The zero-order valence-electron chi connectivity index (χ0n) is 27.9. The van der Waals surface area contributed by atoms with Gasteiger partial charge in [0.2, 0.25) is 0 Å². The molecule has 0 saturated heterocycles. The second-order valence-corrected chi connectivity index (χ2v) is 14.8. The van der Waals surface area contributed by atoms with Crippen LogP contribution in [-0.4, -0.2) is 38.4 Å². The van der Waals surface area contributed by atoms with Crippen molar-refractivity contribution in [1.82, 2.24) is 0 Å². The normalized spacial score (nSPS) is 12.8. The van der Waals surface area contributed by atoms with Gasteiger partial charge in [0.1, 0.15) is 37.9 Å². The summed E-state index contributed by atoms with van der Waals surface area (Å²) < 4.78 is 22.3. The molecule has 232 valence electrons. The van der Waals surface area contributed by atoms with Crippen molar-refractivity contribution in [3.8, 4) is 11.5 Å². The number of rotatable bonds is 10. The molecule has 0 saturated carbocycles. The van der Waals surface area contributed by atoms with Crippen molar-refractivity contribution < 1.29 is 28.5 Å². The SMILES string of the molecule is CC(C)(C)c1ccc(OCCOC(=O)/C=C/C(=O)OCCOc2ccc(C(C)(C)C)cc2C(C)(C)C)c(C(C)(C)C)c1. The summed E-state index contributed by atoms with van der Waals surface area (Å²) in [7, 11) is 0. The predicted octanol–water partition coefficient (Wildman–Crippen LogP) is 7.98. The number of carbonyl (C=O) groups is 2. The van der Waals surface area contributed by atoms with Crippen LogP contribution in [0.4, 0.5) is 0 Å². The fraction of sp³-hybridized carbons (Fsp3) is 0.556. The van der Waals surface area contributed by atoms with E-state index in [4.69, 9.17) is 18.9 Å². The maximum Gasteiger partial charge on any atom is 0.331 e. The minimum atomic E-state index is -0.639. The third-order valence-electron chi connectivity index (χ3n) is 6.83. The van der Waals surface area contributed by atoms with Crippen molar-refractivity contribution in [2.24, 2.45) is 0 Å². The fourth-order valence-corrected chi connectivity index (χ4v) is 4.24. The first-order chi connectivity index (χ1) is 19.2. The van der Waals surface area contributed by atoms with Crippen molar-refractivity contribution in [3.05, 3.63) is 70.8 Å². The Bertz CT molecular complexity index is 1150. The highest BCUT2D eigenvalue weighted by Gasteiger charge is 2.24. The first kappa shape index (κ1) is 34.9. The Kier molecular flexibility index (Phi) is 11.5. The zero-order chi connectivity index (χ0) is 31.9. The molecule has 0 spiro atoms. The standard InChI is InChI=1S/C36H52O6/c1-33(2,3)25-13-15-29(27(23-25)35(7,8)9)39-19-21-41-31(37)17-18-32(38)42-22-20-40-30-16-14-26(34(4,5)6)24-28(30)36(10,11)12/h13-18,23-24H,19-22H2,1-12H3/b18-17+. The molecule has 2 aromatic rings. The molecule has 0 aliphatic carbocycles. The summed E-state index contributed by atoms with van der Waals surface area (Å²) in [6.07, 6.45) is 2.12. The van der Waals surface area contributed by atoms with Crippen molar-refractivity contribution in [2.75, 3.05) is 26.4 Å². The molecule has 0 aliphatic heterocycles. The molecule has 0 radical (unpaired) electrons. The Morgan fingerprint density at radius 3 is 1.14 bits per heavy atom. The summed E-state index contributed by atoms with van der Waals surface area (Å²) in [5.74, 6) is 0.264. The monoisotopic (exact) mass is 580 g/mol. The summed E-state index contributed by atoms with van der Waals surface area (Å²) in [6, 6.07) is 12.5.